The number of nitrogens with two attached hydrogens (primary N) is 1. The Morgan fingerprint density at radius 3 is 2.44 bits per heavy atom. The van der Waals surface area contributed by atoms with Gasteiger partial charge in [-0.3, -0.25) is 4.79 Å². The molecule has 0 radical (unpaired) electrons. The lowest BCUT2D eigenvalue weighted by Gasteiger charge is -2.23. The molecule has 1 fully saturated rings. The van der Waals surface area contributed by atoms with Crippen molar-refractivity contribution in [3.05, 3.63) is 0 Å². The highest BCUT2D eigenvalue weighted by atomic mass is 35.5. The first-order chi connectivity index (χ1) is 7.76. The highest BCUT2D eigenvalue weighted by molar-refractivity contribution is 5.85. The predicted molar refractivity (Wildman–Crippen MR) is 78.9 cm³/mol. The van der Waals surface area contributed by atoms with E-state index in [4.69, 9.17) is 5.73 Å². The van der Waals surface area contributed by atoms with Crippen LogP contribution in [0.5, 0.6) is 0 Å². The number of amides is 1. The Morgan fingerprint density at radius 1 is 1.39 bits per heavy atom. The van der Waals surface area contributed by atoms with Crippen molar-refractivity contribution in [2.75, 3.05) is 19.6 Å². The van der Waals surface area contributed by atoms with Gasteiger partial charge >= 0.3 is 0 Å². The van der Waals surface area contributed by atoms with Crippen LogP contribution in [0.3, 0.4) is 0 Å². The molecule has 0 aromatic carbocycles. The molecule has 0 aromatic rings. The zero-order chi connectivity index (χ0) is 13.1. The summed E-state index contributed by atoms with van der Waals surface area (Å²) in [6, 6.07) is 0. The molecule has 1 rings (SSSR count). The summed E-state index contributed by atoms with van der Waals surface area (Å²) in [5.74, 6) is 0.312. The number of likely N-dealkylation sites (tertiary alicyclic amines) is 1. The van der Waals surface area contributed by atoms with Crippen molar-refractivity contribution in [1.82, 2.24) is 4.90 Å². The summed E-state index contributed by atoms with van der Waals surface area (Å²) in [6.07, 6.45) is 3.85. The van der Waals surface area contributed by atoms with E-state index in [0.29, 0.717) is 24.3 Å². The molecular formula is C14H29ClN2O. The van der Waals surface area contributed by atoms with Crippen LogP contribution < -0.4 is 5.73 Å². The summed E-state index contributed by atoms with van der Waals surface area (Å²) in [7, 11) is 0. The average molecular weight is 277 g/mol. The Kier molecular flexibility index (Phi) is 6.66. The van der Waals surface area contributed by atoms with Crippen LogP contribution in [0.2, 0.25) is 0 Å². The number of carbonyl (C=O) groups is 1. The van der Waals surface area contributed by atoms with Gasteiger partial charge in [0.15, 0.2) is 0 Å². The first-order valence-electron chi connectivity index (χ1n) is 6.74. The molecule has 0 aromatic heterocycles. The maximum absolute atomic E-state index is 12.0. The van der Waals surface area contributed by atoms with Crippen molar-refractivity contribution in [2.24, 2.45) is 16.6 Å². The summed E-state index contributed by atoms with van der Waals surface area (Å²) >= 11 is 0. The zero-order valence-electron chi connectivity index (χ0n) is 12.3. The van der Waals surface area contributed by atoms with Gasteiger partial charge in [-0.25, -0.2) is 0 Å². The third kappa shape index (κ3) is 5.57. The van der Waals surface area contributed by atoms with E-state index in [1.165, 1.54) is 0 Å². The molecule has 0 bridgehead atoms. The monoisotopic (exact) mass is 276 g/mol. The summed E-state index contributed by atoms with van der Waals surface area (Å²) in [5.41, 5.74) is 6.23. The summed E-state index contributed by atoms with van der Waals surface area (Å²) < 4.78 is 0. The van der Waals surface area contributed by atoms with E-state index in [2.05, 4.69) is 27.7 Å². The van der Waals surface area contributed by atoms with E-state index in [1.54, 1.807) is 0 Å². The molecule has 1 aliphatic heterocycles. The van der Waals surface area contributed by atoms with Gasteiger partial charge in [0.25, 0.3) is 0 Å². The summed E-state index contributed by atoms with van der Waals surface area (Å²) in [5, 5.41) is 0. The van der Waals surface area contributed by atoms with Gasteiger partial charge in [-0.2, -0.15) is 0 Å². The second-order valence-electron chi connectivity index (χ2n) is 6.99. The lowest BCUT2D eigenvalue weighted by atomic mass is 9.89. The van der Waals surface area contributed by atoms with Gasteiger partial charge in [-0.05, 0) is 36.6 Å². The highest BCUT2D eigenvalue weighted by Crippen LogP contribution is 2.29. The molecule has 3 nitrogen and oxygen atoms in total. The van der Waals surface area contributed by atoms with Gasteiger partial charge in [0.1, 0.15) is 0 Å². The molecule has 2 N–H and O–H groups in total. The molecule has 108 valence electrons. The minimum Gasteiger partial charge on any atom is -0.342 e. The van der Waals surface area contributed by atoms with Gasteiger partial charge in [0, 0.05) is 19.5 Å². The van der Waals surface area contributed by atoms with E-state index in [-0.39, 0.29) is 17.8 Å². The lowest BCUT2D eigenvalue weighted by molar-refractivity contribution is -0.130. The fourth-order valence-electron chi connectivity index (χ4n) is 2.33. The van der Waals surface area contributed by atoms with Gasteiger partial charge in [0.2, 0.25) is 5.91 Å². The Morgan fingerprint density at radius 2 is 2.00 bits per heavy atom. The Bertz CT molecular complexity index is 275. The van der Waals surface area contributed by atoms with Crippen LogP contribution >= 0.6 is 12.4 Å². The van der Waals surface area contributed by atoms with Gasteiger partial charge in [-0.15, -0.1) is 12.4 Å². The van der Waals surface area contributed by atoms with E-state index < -0.39 is 0 Å². The number of halogens is 1. The number of nitrogens with zero attached hydrogens (tertiary/aromatic N) is 1. The second-order valence-corrected chi connectivity index (χ2v) is 6.99. The van der Waals surface area contributed by atoms with E-state index >= 15 is 0 Å². The maximum Gasteiger partial charge on any atom is 0.222 e. The van der Waals surface area contributed by atoms with Crippen molar-refractivity contribution in [3.63, 3.8) is 0 Å². The van der Waals surface area contributed by atoms with Crippen molar-refractivity contribution >= 4 is 18.3 Å². The highest BCUT2D eigenvalue weighted by Gasteiger charge is 2.34. The van der Waals surface area contributed by atoms with Crippen LogP contribution in [0, 0.1) is 10.8 Å². The van der Waals surface area contributed by atoms with E-state index in [0.717, 1.165) is 32.4 Å². The number of carbonyl (C=O) groups excluding carboxylic acids is 1. The molecule has 0 saturated carbocycles. The van der Waals surface area contributed by atoms with E-state index in [1.807, 2.05) is 4.90 Å². The van der Waals surface area contributed by atoms with Crippen LogP contribution in [0.4, 0.5) is 0 Å². The van der Waals surface area contributed by atoms with Crippen molar-refractivity contribution in [2.45, 2.75) is 53.4 Å². The van der Waals surface area contributed by atoms with Crippen LogP contribution in [0.15, 0.2) is 0 Å². The van der Waals surface area contributed by atoms with Crippen LogP contribution in [0.1, 0.15) is 53.4 Å². The minimum absolute atomic E-state index is 0. The van der Waals surface area contributed by atoms with E-state index in [9.17, 15) is 4.79 Å². The molecule has 4 heteroatoms. The molecular weight excluding hydrogens is 248 g/mol. The Hall–Kier alpha value is -0.280. The molecule has 1 unspecified atom stereocenters. The molecule has 1 aliphatic rings. The third-order valence-electron chi connectivity index (χ3n) is 3.72. The normalized spacial score (nSPS) is 23.9. The first kappa shape index (κ1) is 17.7. The number of hydrogen-bond donors (Lipinski definition) is 1. The maximum atomic E-state index is 12.0. The molecule has 0 aliphatic carbocycles. The smallest absolute Gasteiger partial charge is 0.222 e. The van der Waals surface area contributed by atoms with Gasteiger partial charge in [-0.1, -0.05) is 27.7 Å². The van der Waals surface area contributed by atoms with Gasteiger partial charge in [0.05, 0.1) is 0 Å². The van der Waals surface area contributed by atoms with Gasteiger partial charge < -0.3 is 10.6 Å². The van der Waals surface area contributed by atoms with Crippen LogP contribution in [-0.2, 0) is 4.79 Å². The average Bonchev–Trinajstić information content (AvgIpc) is 2.60. The van der Waals surface area contributed by atoms with Crippen molar-refractivity contribution in [3.8, 4) is 0 Å². The SMILES string of the molecule is CC(C)(C)CCCC(=O)N1CCC(C)(CN)C1.Cl. The van der Waals surface area contributed by atoms with Crippen molar-refractivity contribution in [1.29, 1.82) is 0 Å². The molecule has 18 heavy (non-hydrogen) atoms. The molecule has 1 heterocycles. The van der Waals surface area contributed by atoms with Crippen LogP contribution in [0.25, 0.3) is 0 Å². The molecule has 1 amide bonds. The lowest BCUT2D eigenvalue weighted by Crippen LogP contribution is -2.34. The van der Waals surface area contributed by atoms with Crippen molar-refractivity contribution < 1.29 is 4.79 Å². The third-order valence-corrected chi connectivity index (χ3v) is 3.72. The molecule has 1 saturated heterocycles. The Labute approximate surface area is 118 Å². The largest absolute Gasteiger partial charge is 0.342 e. The quantitative estimate of drug-likeness (QED) is 0.858. The fraction of sp³-hybridized carbons (Fsp3) is 0.929. The number of hydrogen-bond acceptors (Lipinski definition) is 2. The first-order valence-corrected chi connectivity index (χ1v) is 6.74. The standard InChI is InChI=1S/C14H28N2O.ClH/c1-13(2,3)7-5-6-12(17)16-9-8-14(4,10-15)11-16;/h5-11,15H2,1-4H3;1H. The Balaban J connectivity index is 0.00000289. The molecule has 0 spiro atoms. The van der Waals surface area contributed by atoms with Crippen LogP contribution in [-0.4, -0.2) is 30.4 Å². The fourth-order valence-corrected chi connectivity index (χ4v) is 2.33. The minimum atomic E-state index is 0. The second kappa shape index (κ2) is 6.76. The molecule has 1 atom stereocenters. The topological polar surface area (TPSA) is 46.3 Å². The summed E-state index contributed by atoms with van der Waals surface area (Å²) in [6.45, 7) is 11.3. The predicted octanol–water partition coefficient (Wildman–Crippen LogP) is 2.82. The number of rotatable bonds is 4. The zero-order valence-corrected chi connectivity index (χ0v) is 13.1. The summed E-state index contributed by atoms with van der Waals surface area (Å²) in [4.78, 5) is 14.0.